The first-order valence-electron chi connectivity index (χ1n) is 9.73. The van der Waals surface area contributed by atoms with E-state index in [1.54, 1.807) is 0 Å². The molecule has 2 aromatic carbocycles. The molecule has 0 saturated heterocycles. The largest absolute Gasteiger partial charge is 0.483 e. The lowest BCUT2D eigenvalue weighted by atomic mass is 10.1. The van der Waals surface area contributed by atoms with E-state index in [4.69, 9.17) is 9.47 Å². The van der Waals surface area contributed by atoms with Gasteiger partial charge in [-0.25, -0.2) is 4.98 Å². The Morgan fingerprint density at radius 2 is 1.61 bits per heavy atom. The number of halogens is 3. The van der Waals surface area contributed by atoms with Crippen LogP contribution in [0.1, 0.15) is 27.0 Å². The van der Waals surface area contributed by atoms with Crippen LogP contribution in [-0.4, -0.2) is 23.4 Å². The van der Waals surface area contributed by atoms with Crippen molar-refractivity contribution in [1.29, 1.82) is 0 Å². The van der Waals surface area contributed by atoms with Crippen LogP contribution in [0.3, 0.4) is 0 Å². The first kappa shape index (κ1) is 23.6. The van der Waals surface area contributed by atoms with Crippen molar-refractivity contribution in [2.24, 2.45) is 0 Å². The van der Waals surface area contributed by atoms with Gasteiger partial charge in [0.1, 0.15) is 11.5 Å². The van der Waals surface area contributed by atoms with E-state index in [9.17, 15) is 22.8 Å². The van der Waals surface area contributed by atoms with Crippen molar-refractivity contribution in [3.63, 3.8) is 0 Å². The Bertz CT molecular complexity index is 1110. The Labute approximate surface area is 187 Å². The minimum absolute atomic E-state index is 0.0312. The van der Waals surface area contributed by atoms with Crippen molar-refractivity contribution in [3.05, 3.63) is 83.0 Å². The number of hydrogen-bond donors (Lipinski definition) is 2. The molecule has 0 aliphatic carbocycles. The average molecular weight is 459 g/mol. The molecule has 0 atom stereocenters. The second-order valence-corrected chi connectivity index (χ2v) is 7.02. The van der Waals surface area contributed by atoms with Gasteiger partial charge in [-0.3, -0.25) is 20.4 Å². The number of pyridine rings is 1. The Hall–Kier alpha value is -4.08. The topological polar surface area (TPSA) is 89.6 Å². The lowest BCUT2D eigenvalue weighted by Gasteiger charge is -2.12. The third kappa shape index (κ3) is 6.45. The highest BCUT2D eigenvalue weighted by Crippen LogP contribution is 2.30. The lowest BCUT2D eigenvalue weighted by molar-refractivity contribution is -0.137. The van der Waals surface area contributed by atoms with E-state index in [0.29, 0.717) is 11.9 Å². The molecule has 2 amide bonds. The normalized spacial score (nSPS) is 10.9. The number of ether oxygens (including phenoxy) is 2. The van der Waals surface area contributed by atoms with Gasteiger partial charge in [-0.2, -0.15) is 13.2 Å². The number of carbonyl (C=O) groups is 2. The van der Waals surface area contributed by atoms with Crippen LogP contribution >= 0.6 is 0 Å². The van der Waals surface area contributed by atoms with Gasteiger partial charge in [-0.05, 0) is 55.3 Å². The number of rotatable bonds is 6. The fourth-order valence-corrected chi connectivity index (χ4v) is 2.80. The summed E-state index contributed by atoms with van der Waals surface area (Å²) in [5.41, 5.74) is 5.66. The fourth-order valence-electron chi connectivity index (χ4n) is 2.80. The van der Waals surface area contributed by atoms with Crippen molar-refractivity contribution in [2.45, 2.75) is 20.0 Å². The summed E-state index contributed by atoms with van der Waals surface area (Å²) in [5, 5.41) is 0. The Morgan fingerprint density at radius 3 is 2.18 bits per heavy atom. The Kier molecular flexibility index (Phi) is 7.17. The third-order valence-electron chi connectivity index (χ3n) is 4.47. The molecular weight excluding hydrogens is 439 g/mol. The molecule has 0 saturated carbocycles. The zero-order valence-electron chi connectivity index (χ0n) is 17.7. The van der Waals surface area contributed by atoms with Crippen molar-refractivity contribution >= 4 is 11.8 Å². The lowest BCUT2D eigenvalue weighted by Crippen LogP contribution is -2.43. The molecule has 2 N–H and O–H groups in total. The van der Waals surface area contributed by atoms with Gasteiger partial charge in [0.05, 0.1) is 5.56 Å². The van der Waals surface area contributed by atoms with E-state index in [0.717, 1.165) is 23.3 Å². The number of aryl methyl sites for hydroxylation is 2. The second kappa shape index (κ2) is 10.0. The van der Waals surface area contributed by atoms with E-state index in [1.807, 2.05) is 32.0 Å². The second-order valence-electron chi connectivity index (χ2n) is 7.02. The van der Waals surface area contributed by atoms with E-state index in [1.165, 1.54) is 24.3 Å². The number of amides is 2. The Balaban J connectivity index is 1.49. The predicted molar refractivity (Wildman–Crippen MR) is 113 cm³/mol. The van der Waals surface area contributed by atoms with E-state index in [-0.39, 0.29) is 23.8 Å². The molecule has 0 spiro atoms. The van der Waals surface area contributed by atoms with Gasteiger partial charge in [0.25, 0.3) is 11.8 Å². The average Bonchev–Trinajstić information content (AvgIpc) is 2.77. The maximum absolute atomic E-state index is 12.6. The maximum atomic E-state index is 12.6. The predicted octanol–water partition coefficient (Wildman–Crippen LogP) is 4.35. The first-order chi connectivity index (χ1) is 15.6. The van der Waals surface area contributed by atoms with Gasteiger partial charge >= 0.3 is 6.18 Å². The highest BCUT2D eigenvalue weighted by Gasteiger charge is 2.30. The van der Waals surface area contributed by atoms with Crippen LogP contribution in [0.4, 0.5) is 13.2 Å². The molecule has 0 bridgehead atoms. The zero-order chi connectivity index (χ0) is 24.0. The summed E-state index contributed by atoms with van der Waals surface area (Å²) in [6.07, 6.45) is -3.81. The molecule has 0 aliphatic heterocycles. The van der Waals surface area contributed by atoms with Crippen molar-refractivity contribution < 1.29 is 32.2 Å². The van der Waals surface area contributed by atoms with Gasteiger partial charge < -0.3 is 9.47 Å². The Morgan fingerprint density at radius 1 is 0.939 bits per heavy atom. The molecule has 0 aliphatic rings. The summed E-state index contributed by atoms with van der Waals surface area (Å²) in [6.45, 7) is 3.45. The number of nitrogens with one attached hydrogen (secondary N) is 2. The molecule has 33 heavy (non-hydrogen) atoms. The zero-order valence-corrected chi connectivity index (χ0v) is 17.7. The number of hydrogen-bond acceptors (Lipinski definition) is 5. The SMILES string of the molecule is Cc1cccc(C)c1OCC(=O)NNC(=O)c1ccc(Oc2ccc(C(F)(F)F)cn2)cc1. The number of carbonyl (C=O) groups excluding carboxylic acids is 2. The smallest absolute Gasteiger partial charge is 0.417 e. The molecule has 0 unspecified atom stereocenters. The fraction of sp³-hybridized carbons (Fsp3) is 0.174. The van der Waals surface area contributed by atoms with Crippen LogP contribution in [0.5, 0.6) is 17.4 Å². The highest BCUT2D eigenvalue weighted by molar-refractivity contribution is 5.95. The minimum atomic E-state index is -4.48. The summed E-state index contributed by atoms with van der Waals surface area (Å²) < 4.78 is 48.6. The number of alkyl halides is 3. The molecule has 3 aromatic rings. The van der Waals surface area contributed by atoms with Gasteiger partial charge in [0, 0.05) is 17.8 Å². The monoisotopic (exact) mass is 459 g/mol. The summed E-state index contributed by atoms with van der Waals surface area (Å²) >= 11 is 0. The number of benzene rings is 2. The minimum Gasteiger partial charge on any atom is -0.483 e. The molecule has 10 heteroatoms. The van der Waals surface area contributed by atoms with E-state index < -0.39 is 23.6 Å². The van der Waals surface area contributed by atoms with Gasteiger partial charge in [0.15, 0.2) is 6.61 Å². The first-order valence-corrected chi connectivity index (χ1v) is 9.73. The third-order valence-corrected chi connectivity index (χ3v) is 4.47. The molecular formula is C23H20F3N3O4. The highest BCUT2D eigenvalue weighted by atomic mass is 19.4. The van der Waals surface area contributed by atoms with Gasteiger partial charge in [-0.15, -0.1) is 0 Å². The van der Waals surface area contributed by atoms with Crippen LogP contribution in [0, 0.1) is 13.8 Å². The number of nitrogens with zero attached hydrogens (tertiary/aromatic N) is 1. The maximum Gasteiger partial charge on any atom is 0.417 e. The molecule has 1 aromatic heterocycles. The molecule has 1 heterocycles. The number of aromatic nitrogens is 1. The molecule has 3 rings (SSSR count). The van der Waals surface area contributed by atoms with E-state index in [2.05, 4.69) is 15.8 Å². The standard InChI is InChI=1S/C23H20F3N3O4/c1-14-4-3-5-15(2)21(14)32-13-19(30)28-29-22(31)16-6-9-18(10-7-16)33-20-11-8-17(12-27-20)23(24,25)26/h3-12H,13H2,1-2H3,(H,28,30)(H,29,31). The number of hydrazine groups is 1. The van der Waals surface area contributed by atoms with Gasteiger partial charge in [-0.1, -0.05) is 18.2 Å². The summed E-state index contributed by atoms with van der Waals surface area (Å²) in [6, 6.07) is 13.3. The summed E-state index contributed by atoms with van der Waals surface area (Å²) in [4.78, 5) is 27.8. The van der Waals surface area contributed by atoms with Gasteiger partial charge in [0.2, 0.25) is 5.88 Å². The molecule has 172 valence electrons. The van der Waals surface area contributed by atoms with Crippen molar-refractivity contribution in [3.8, 4) is 17.4 Å². The van der Waals surface area contributed by atoms with E-state index >= 15 is 0 Å². The van der Waals surface area contributed by atoms with Crippen LogP contribution in [0.2, 0.25) is 0 Å². The molecule has 0 fully saturated rings. The van der Waals surface area contributed by atoms with Crippen LogP contribution < -0.4 is 20.3 Å². The van der Waals surface area contributed by atoms with Crippen LogP contribution in [0.25, 0.3) is 0 Å². The quantitative estimate of drug-likeness (QED) is 0.535. The summed E-state index contributed by atoms with van der Waals surface area (Å²) in [5.74, 6) is -0.271. The van der Waals surface area contributed by atoms with Crippen molar-refractivity contribution in [1.82, 2.24) is 15.8 Å². The molecule has 7 nitrogen and oxygen atoms in total. The number of para-hydroxylation sites is 1. The molecule has 0 radical (unpaired) electrons. The van der Waals surface area contributed by atoms with Crippen LogP contribution in [0.15, 0.2) is 60.8 Å². The van der Waals surface area contributed by atoms with Crippen molar-refractivity contribution in [2.75, 3.05) is 6.61 Å². The summed E-state index contributed by atoms with van der Waals surface area (Å²) in [7, 11) is 0. The van der Waals surface area contributed by atoms with Crippen LogP contribution in [-0.2, 0) is 11.0 Å².